The van der Waals surface area contributed by atoms with Gasteiger partial charge in [-0.2, -0.15) is 0 Å². The zero-order valence-corrected chi connectivity index (χ0v) is 65.9. The second-order valence-corrected chi connectivity index (χ2v) is 29.5. The van der Waals surface area contributed by atoms with Crippen LogP contribution in [0.1, 0.15) is 97.7 Å². The first-order chi connectivity index (χ1) is 56.8. The third-order valence-electron chi connectivity index (χ3n) is 17.5. The summed E-state index contributed by atoms with van der Waals surface area (Å²) in [6.45, 7) is 0. The van der Waals surface area contributed by atoms with E-state index in [4.69, 9.17) is 33.6 Å². The predicted octanol–water partition coefficient (Wildman–Crippen LogP) is 19.2. The summed E-state index contributed by atoms with van der Waals surface area (Å²) in [7, 11) is 6.87. The van der Waals surface area contributed by atoms with E-state index in [0.29, 0.717) is 77.8 Å². The normalized spacial score (nSPS) is 10.4. The van der Waals surface area contributed by atoms with E-state index in [1.54, 1.807) is 74.8 Å². The number of carbonyl (C=O) groups is 8. The summed E-state index contributed by atoms with van der Waals surface area (Å²) in [5.74, 6) is -5.20. The number of benzene rings is 8. The van der Waals surface area contributed by atoms with Crippen LogP contribution in [0.5, 0.6) is 0 Å². The van der Waals surface area contributed by atoms with Gasteiger partial charge in [0.25, 0.3) is 17.7 Å². The molecule has 0 atom stereocenters. The summed E-state index contributed by atoms with van der Waals surface area (Å²) in [6, 6.07) is 79.8. The minimum absolute atomic E-state index is 0. The van der Waals surface area contributed by atoms with Crippen molar-refractivity contribution in [1.82, 2.24) is 0 Å². The molecule has 0 saturated carbocycles. The molecule has 0 bridgehead atoms. The first kappa shape index (κ1) is 87.3. The Morgan fingerprint density at radius 3 is 0.983 bits per heavy atom. The van der Waals surface area contributed by atoms with Gasteiger partial charge in [0, 0.05) is 55.1 Å². The molecule has 0 aliphatic carbocycles. The van der Waals surface area contributed by atoms with Crippen LogP contribution in [0.4, 0.5) is 20.0 Å². The number of amides is 3. The standard InChI is InChI=1S/C23H17NO5S.2C22H15NO5S.C13H10O2.C9H7NO4S.2CH4/c1-24(20-13-18-19(30-20)12-17(22(26)28-2)23(27)29-18)21(25)16-10-6-9-15(11-16)14-7-4-3-5-8-14;1-27-21(25)16-11-18-17(28-22(16)26)12-19(29-18)23-20(24)15-9-5-8-14(10-15)13-6-3-2-4-7-13;1-23(19-12-17-18(29-19)11-16(21(25)26)22(27)28-17)20(24)15-9-5-8-14(10-15)13-6-3-2-4-7-13;14-13(15)12-8-4-7-11(9-12)10-5-2-1-3-6-10;1-13-8(11)4-2-6-5(14-9(4)12)3-7(10)15-6;;/h3-13H,1-2H3;2-12H,1H3,(H,23,24);2-12H,1H3,(H,25,26);1-9H,(H,14,15);2-3H,10H2,1H3;2*1H4. The van der Waals surface area contributed by atoms with Crippen LogP contribution in [0, 0.1) is 0 Å². The van der Waals surface area contributed by atoms with Crippen LogP contribution < -0.4 is 43.4 Å². The van der Waals surface area contributed by atoms with Crippen LogP contribution in [0.3, 0.4) is 0 Å². The fraction of sp³-hybridized carbons (Fsp3) is 0.0769. The number of ether oxygens (including phenoxy) is 3. The lowest BCUT2D eigenvalue weighted by Gasteiger charge is -2.15. The van der Waals surface area contributed by atoms with Crippen molar-refractivity contribution in [1.29, 1.82) is 0 Å². The van der Waals surface area contributed by atoms with Gasteiger partial charge in [-0.25, -0.2) is 43.2 Å². The monoisotopic (exact) mass is 1680 g/mol. The highest BCUT2D eigenvalue weighted by Crippen LogP contribution is 2.37. The van der Waals surface area contributed by atoms with Crippen molar-refractivity contribution in [2.24, 2.45) is 0 Å². The molecule has 16 aromatic rings. The molecule has 8 aromatic heterocycles. The van der Waals surface area contributed by atoms with Gasteiger partial charge in [-0.3, -0.25) is 14.4 Å². The third kappa shape index (κ3) is 20.8. The summed E-state index contributed by atoms with van der Waals surface area (Å²) >= 11 is 4.86. The summed E-state index contributed by atoms with van der Waals surface area (Å²) in [5.41, 5.74) is 12.3. The van der Waals surface area contributed by atoms with E-state index in [0.717, 1.165) is 44.5 Å². The number of carboxylic acids is 2. The second kappa shape index (κ2) is 39.5. The number of anilines is 4. The summed E-state index contributed by atoms with van der Waals surface area (Å²) < 4.78 is 36.3. The molecule has 16 rings (SSSR count). The summed E-state index contributed by atoms with van der Waals surface area (Å²) in [4.78, 5) is 145. The zero-order valence-electron chi connectivity index (χ0n) is 62.7. The molecule has 8 heterocycles. The topological polar surface area (TPSA) is 370 Å². The van der Waals surface area contributed by atoms with Crippen LogP contribution in [0.15, 0.2) is 304 Å². The van der Waals surface area contributed by atoms with Crippen molar-refractivity contribution < 1.29 is 80.4 Å². The average molecular weight is 1690 g/mol. The third-order valence-corrected chi connectivity index (χ3v) is 21.7. The lowest BCUT2D eigenvalue weighted by Crippen LogP contribution is -2.25. The molecule has 0 unspecified atom stereocenters. The number of rotatable bonds is 15. The molecule has 606 valence electrons. The largest absolute Gasteiger partial charge is 0.478 e. The van der Waals surface area contributed by atoms with E-state index in [1.165, 1.54) is 101 Å². The van der Waals surface area contributed by atoms with Crippen molar-refractivity contribution in [3.63, 3.8) is 0 Å². The molecule has 0 fully saturated rings. The molecule has 120 heavy (non-hydrogen) atoms. The lowest BCUT2D eigenvalue weighted by molar-refractivity contribution is 0.0587. The van der Waals surface area contributed by atoms with Gasteiger partial charge in [-0.1, -0.05) is 185 Å². The van der Waals surface area contributed by atoms with E-state index in [1.807, 2.05) is 182 Å². The van der Waals surface area contributed by atoms with E-state index in [9.17, 15) is 57.5 Å². The van der Waals surface area contributed by atoms with Crippen LogP contribution >= 0.6 is 45.3 Å². The molecule has 25 nitrogen and oxygen atoms in total. The Bertz CT molecular complexity index is 6750. The number of aromatic carboxylic acids is 2. The molecular weight excluding hydrogens is 1610 g/mol. The van der Waals surface area contributed by atoms with Crippen LogP contribution in [0.25, 0.3) is 85.6 Å². The first-order valence-corrected chi connectivity index (χ1v) is 38.4. The molecule has 8 aromatic carbocycles. The maximum atomic E-state index is 13.1. The number of nitrogen functional groups attached to an aromatic ring is 1. The Balaban J connectivity index is 0.000000161. The van der Waals surface area contributed by atoms with Gasteiger partial charge in [0.2, 0.25) is 0 Å². The smallest absolute Gasteiger partial charge is 0.351 e. The number of nitrogens with two attached hydrogens (primary N) is 1. The Kier molecular flexibility index (Phi) is 28.8. The number of fused-ring (bicyclic) bond motifs is 4. The number of hydrogen-bond donors (Lipinski definition) is 4. The molecule has 0 saturated heterocycles. The molecule has 0 aliphatic rings. The Labute approximate surface area is 698 Å². The zero-order chi connectivity index (χ0) is 83.8. The number of methoxy groups -OCH3 is 3. The Morgan fingerprint density at radius 2 is 0.625 bits per heavy atom. The minimum Gasteiger partial charge on any atom is -0.478 e. The highest BCUT2D eigenvalue weighted by Gasteiger charge is 2.24. The van der Waals surface area contributed by atoms with Gasteiger partial charge in [-0.15, -0.1) is 45.3 Å². The first-order valence-electron chi connectivity index (χ1n) is 35.1. The van der Waals surface area contributed by atoms with Gasteiger partial charge in [0.15, 0.2) is 22.3 Å². The number of thiophene rings is 4. The van der Waals surface area contributed by atoms with E-state index in [2.05, 4.69) is 19.5 Å². The van der Waals surface area contributed by atoms with Gasteiger partial charge in [-0.05, 0) is 117 Å². The molecule has 0 spiro atoms. The number of esters is 3. The summed E-state index contributed by atoms with van der Waals surface area (Å²) in [6.07, 6.45) is 0. The SMILES string of the molecule is C.C.CN(C(=O)c1cccc(-c2ccccc2)c1)c1cc2oc(=O)c(C(=O)O)cc2s1.COC(=O)c1cc2sc(N(C)C(=O)c3cccc(-c4ccccc4)c3)cc2oc1=O.COC(=O)c1cc2sc(N)cc2oc1=O.COC(=O)c1cc2sc(NC(=O)c3cccc(-c4ccccc4)c3)cc2oc1=O.O=C(O)c1cccc(-c2ccccc2)c1. The van der Waals surface area contributed by atoms with Crippen molar-refractivity contribution in [3.05, 3.63) is 353 Å². The number of carboxylic acid groups (broad SMARTS) is 2. The van der Waals surface area contributed by atoms with Gasteiger partial charge >= 0.3 is 52.3 Å². The highest BCUT2D eigenvalue weighted by atomic mass is 32.1. The van der Waals surface area contributed by atoms with E-state index in [-0.39, 0.29) is 54.8 Å². The summed E-state index contributed by atoms with van der Waals surface area (Å²) in [5, 5.41) is 22.9. The number of carbonyl (C=O) groups excluding carboxylic acids is 6. The fourth-order valence-corrected chi connectivity index (χ4v) is 15.3. The molecular formula is C91H72N4O21S4. The Hall–Kier alpha value is -15.0. The molecule has 3 amide bonds. The van der Waals surface area contributed by atoms with Gasteiger partial charge in [0.05, 0.1) is 55.7 Å². The maximum absolute atomic E-state index is 13.1. The van der Waals surface area contributed by atoms with Crippen LogP contribution in [-0.4, -0.2) is 93.2 Å². The van der Waals surface area contributed by atoms with Gasteiger partial charge < -0.3 is 62.9 Å². The lowest BCUT2D eigenvalue weighted by atomic mass is 10.0. The molecule has 5 N–H and O–H groups in total. The number of nitrogens with zero attached hydrogens (tertiary/aromatic N) is 2. The van der Waals surface area contributed by atoms with Crippen molar-refractivity contribution in [3.8, 4) is 44.5 Å². The van der Waals surface area contributed by atoms with Crippen molar-refractivity contribution in [2.75, 3.05) is 56.3 Å². The second-order valence-electron chi connectivity index (χ2n) is 25.2. The average Bonchev–Trinajstić information content (AvgIpc) is 1.65. The number of hydrogen-bond acceptors (Lipinski definition) is 24. The minimum atomic E-state index is -1.35. The van der Waals surface area contributed by atoms with Crippen molar-refractivity contribution >= 4 is 154 Å². The Morgan fingerprint density at radius 1 is 0.333 bits per heavy atom. The van der Waals surface area contributed by atoms with E-state index < -0.39 is 57.9 Å². The quantitative estimate of drug-likeness (QED) is 0.0547. The molecule has 29 heteroatoms. The van der Waals surface area contributed by atoms with Crippen LogP contribution in [-0.2, 0) is 14.2 Å². The highest BCUT2D eigenvalue weighted by molar-refractivity contribution is 7.24. The fourth-order valence-electron chi connectivity index (χ4n) is 11.6. The predicted molar refractivity (Wildman–Crippen MR) is 468 cm³/mol. The van der Waals surface area contributed by atoms with E-state index >= 15 is 0 Å². The molecule has 0 aliphatic heterocycles. The molecule has 0 radical (unpaired) electrons. The van der Waals surface area contributed by atoms with Crippen LogP contribution in [0.2, 0.25) is 0 Å². The van der Waals surface area contributed by atoms with Crippen molar-refractivity contribution in [2.45, 2.75) is 14.9 Å². The maximum Gasteiger partial charge on any atom is 0.351 e. The number of nitrogens with one attached hydrogen (secondary N) is 1. The van der Waals surface area contributed by atoms with Gasteiger partial charge in [0.1, 0.15) is 32.3 Å².